The number of aryl methyl sites for hydroxylation is 2. The molecule has 0 bridgehead atoms. The van der Waals surface area contributed by atoms with Crippen LogP contribution in [0.15, 0.2) is 69.8 Å². The molecule has 2 aliphatic rings. The third kappa shape index (κ3) is 6.26. The van der Waals surface area contributed by atoms with Crippen molar-refractivity contribution in [2.45, 2.75) is 33.2 Å². The van der Waals surface area contributed by atoms with Gasteiger partial charge in [-0.3, -0.25) is 9.59 Å². The summed E-state index contributed by atoms with van der Waals surface area (Å²) < 4.78 is 0. The largest absolute Gasteiger partial charge is 0.354 e. The van der Waals surface area contributed by atoms with Gasteiger partial charge in [-0.1, -0.05) is 53.2 Å². The van der Waals surface area contributed by atoms with Crippen LogP contribution in [-0.4, -0.2) is 54.0 Å². The number of benzene rings is 2. The Labute approximate surface area is 227 Å². The van der Waals surface area contributed by atoms with Gasteiger partial charge in [0.15, 0.2) is 5.17 Å². The topological polar surface area (TPSA) is 77.0 Å². The summed E-state index contributed by atoms with van der Waals surface area (Å²) >= 11 is 7.66. The van der Waals surface area contributed by atoms with Crippen LogP contribution < -0.4 is 10.6 Å². The lowest BCUT2D eigenvalue weighted by Gasteiger charge is -2.36. The predicted octanol–water partition coefficient (Wildman–Crippen LogP) is 5.24. The zero-order valence-corrected chi connectivity index (χ0v) is 23.3. The monoisotopic (exact) mass is 537 g/mol. The molecule has 37 heavy (non-hydrogen) atoms. The number of carbonyl (C=O) groups is 2. The van der Waals surface area contributed by atoms with Crippen LogP contribution in [-0.2, 0) is 9.59 Å². The van der Waals surface area contributed by atoms with Crippen molar-refractivity contribution in [3.8, 4) is 0 Å². The van der Waals surface area contributed by atoms with Gasteiger partial charge in [-0.05, 0) is 69.6 Å². The van der Waals surface area contributed by atoms with Crippen LogP contribution in [0.2, 0.25) is 5.02 Å². The third-order valence-electron chi connectivity index (χ3n) is 6.28. The maximum Gasteiger partial charge on any atom is 0.255 e. The van der Waals surface area contributed by atoms with E-state index in [0.29, 0.717) is 22.8 Å². The molecule has 1 unspecified atom stereocenters. The lowest BCUT2D eigenvalue weighted by atomic mass is 9.93. The second-order valence-electron chi connectivity index (χ2n) is 9.55. The van der Waals surface area contributed by atoms with E-state index in [4.69, 9.17) is 16.6 Å². The summed E-state index contributed by atoms with van der Waals surface area (Å²) in [5.74, 6) is -0.295. The van der Waals surface area contributed by atoms with Crippen molar-refractivity contribution in [1.29, 1.82) is 0 Å². The van der Waals surface area contributed by atoms with Crippen LogP contribution in [0.1, 0.15) is 36.1 Å². The molecule has 0 fully saturated rings. The molecule has 2 heterocycles. The number of hydrogen-bond acceptors (Lipinski definition) is 6. The first kappa shape index (κ1) is 27.0. The number of likely N-dealkylation sites (N-methyl/N-ethyl adjacent to an activating group) is 1. The van der Waals surface area contributed by atoms with Crippen molar-refractivity contribution in [2.24, 2.45) is 4.99 Å². The number of nitrogens with one attached hydrogen (secondary N) is 2. The van der Waals surface area contributed by atoms with Crippen LogP contribution in [0.5, 0.6) is 0 Å². The Kier molecular flexibility index (Phi) is 8.42. The molecule has 2 amide bonds. The molecule has 2 aliphatic heterocycles. The van der Waals surface area contributed by atoms with Crippen LogP contribution in [0.4, 0.5) is 5.69 Å². The highest BCUT2D eigenvalue weighted by molar-refractivity contribution is 8.16. The first-order chi connectivity index (χ1) is 17.6. The minimum absolute atomic E-state index is 0.0719. The minimum atomic E-state index is -0.452. The molecule has 2 aromatic rings. The summed E-state index contributed by atoms with van der Waals surface area (Å²) in [5, 5.41) is 9.38. The average Bonchev–Trinajstić information content (AvgIpc) is 3.22. The second kappa shape index (κ2) is 11.5. The van der Waals surface area contributed by atoms with E-state index >= 15 is 0 Å². The first-order valence-corrected chi connectivity index (χ1v) is 13.4. The summed E-state index contributed by atoms with van der Waals surface area (Å²) in [6.45, 7) is 7.18. The third-order valence-corrected chi connectivity index (χ3v) is 7.42. The van der Waals surface area contributed by atoms with E-state index in [1.807, 2.05) is 92.5 Å². The molecule has 0 radical (unpaired) electrons. The van der Waals surface area contributed by atoms with E-state index < -0.39 is 6.04 Å². The predicted molar refractivity (Wildman–Crippen MR) is 153 cm³/mol. The van der Waals surface area contributed by atoms with E-state index in [0.717, 1.165) is 39.8 Å². The molecule has 9 heteroatoms. The molecule has 0 aromatic heterocycles. The molecule has 7 nitrogen and oxygen atoms in total. The Morgan fingerprint density at radius 1 is 1.11 bits per heavy atom. The molecule has 0 saturated heterocycles. The van der Waals surface area contributed by atoms with Gasteiger partial charge >= 0.3 is 0 Å². The number of rotatable bonds is 8. The van der Waals surface area contributed by atoms with Crippen molar-refractivity contribution < 1.29 is 9.59 Å². The fourth-order valence-corrected chi connectivity index (χ4v) is 5.50. The van der Waals surface area contributed by atoms with Gasteiger partial charge in [0.05, 0.1) is 23.7 Å². The maximum absolute atomic E-state index is 13.8. The standard InChI is InChI=1S/C28H32ClN5O2S/c1-17-6-11-23(18(2)14-17)32-27(36)25-19(3)31-28-34(26(25)20-7-9-21(29)10-8-20)22(16-37-28)15-24(35)30-12-13-33(4)5/h6-11,14,16,26H,12-13,15H2,1-5H3,(H,30,35)(H,32,36). The van der Waals surface area contributed by atoms with E-state index in [-0.39, 0.29) is 18.2 Å². The fraction of sp³-hybridized carbons (Fsp3) is 0.321. The van der Waals surface area contributed by atoms with E-state index in [2.05, 4.69) is 10.6 Å². The van der Waals surface area contributed by atoms with Crippen molar-refractivity contribution >= 4 is 46.0 Å². The maximum atomic E-state index is 13.8. The number of halogens is 1. The highest BCUT2D eigenvalue weighted by atomic mass is 35.5. The van der Waals surface area contributed by atoms with E-state index in [1.54, 1.807) is 0 Å². The highest BCUT2D eigenvalue weighted by Gasteiger charge is 2.40. The summed E-state index contributed by atoms with van der Waals surface area (Å²) in [4.78, 5) is 35.4. The average molecular weight is 538 g/mol. The van der Waals surface area contributed by atoms with Crippen molar-refractivity contribution in [3.05, 3.63) is 86.6 Å². The Hall–Kier alpha value is -3.07. The van der Waals surface area contributed by atoms with E-state index in [1.165, 1.54) is 11.8 Å². The van der Waals surface area contributed by atoms with E-state index in [9.17, 15) is 9.59 Å². The number of fused-ring (bicyclic) bond motifs is 1. The van der Waals surface area contributed by atoms with Crippen molar-refractivity contribution in [1.82, 2.24) is 15.1 Å². The molecule has 4 rings (SSSR count). The molecule has 2 N–H and O–H groups in total. The zero-order valence-electron chi connectivity index (χ0n) is 21.8. The summed E-state index contributed by atoms with van der Waals surface area (Å²) in [6.07, 6.45) is 0.189. The smallest absolute Gasteiger partial charge is 0.255 e. The van der Waals surface area contributed by atoms with Crippen LogP contribution in [0.25, 0.3) is 0 Å². The van der Waals surface area contributed by atoms with Gasteiger partial charge < -0.3 is 20.4 Å². The number of amides is 2. The summed E-state index contributed by atoms with van der Waals surface area (Å²) in [5.41, 5.74) is 5.75. The Morgan fingerprint density at radius 2 is 1.84 bits per heavy atom. The SMILES string of the molecule is CC1=C(C(=O)Nc2ccc(C)cc2C)C(c2ccc(Cl)cc2)N2C(CC(=O)NCCN(C)C)=CSC2=N1. The fourth-order valence-electron chi connectivity index (χ4n) is 4.41. The number of thioether (sulfide) groups is 1. The number of anilines is 1. The zero-order chi connectivity index (χ0) is 26.7. The Bertz CT molecular complexity index is 1300. The molecular formula is C28H32ClN5O2S. The van der Waals surface area contributed by atoms with Gasteiger partial charge in [-0.15, -0.1) is 0 Å². The normalized spacial score (nSPS) is 16.9. The van der Waals surface area contributed by atoms with Gasteiger partial charge in [0, 0.05) is 29.5 Å². The number of nitrogens with zero attached hydrogens (tertiary/aromatic N) is 3. The highest BCUT2D eigenvalue weighted by Crippen LogP contribution is 2.45. The van der Waals surface area contributed by atoms with Crippen LogP contribution in [0, 0.1) is 13.8 Å². The first-order valence-electron chi connectivity index (χ1n) is 12.1. The molecule has 194 valence electrons. The van der Waals surface area contributed by atoms with Gasteiger partial charge in [0.2, 0.25) is 5.91 Å². The molecule has 1 atom stereocenters. The van der Waals surface area contributed by atoms with Gasteiger partial charge in [0.25, 0.3) is 5.91 Å². The van der Waals surface area contributed by atoms with Crippen LogP contribution >= 0.6 is 23.4 Å². The molecule has 2 aromatic carbocycles. The van der Waals surface area contributed by atoms with Gasteiger partial charge in [-0.2, -0.15) is 0 Å². The van der Waals surface area contributed by atoms with Gasteiger partial charge in [0.1, 0.15) is 0 Å². The lowest BCUT2D eigenvalue weighted by molar-refractivity contribution is -0.120. The molecule has 0 saturated carbocycles. The van der Waals surface area contributed by atoms with Crippen LogP contribution in [0.3, 0.4) is 0 Å². The number of aliphatic imine (C=N–C) groups is 1. The van der Waals surface area contributed by atoms with Gasteiger partial charge in [-0.25, -0.2) is 4.99 Å². The lowest BCUT2D eigenvalue weighted by Crippen LogP contribution is -2.39. The quantitative estimate of drug-likeness (QED) is 0.481. The number of carbonyl (C=O) groups excluding carboxylic acids is 2. The summed E-state index contributed by atoms with van der Waals surface area (Å²) in [6, 6.07) is 13.0. The number of hydrogen-bond donors (Lipinski definition) is 2. The van der Waals surface area contributed by atoms with Crippen molar-refractivity contribution in [2.75, 3.05) is 32.5 Å². The molecular weight excluding hydrogens is 506 g/mol. The number of allylic oxidation sites excluding steroid dienone is 1. The molecule has 0 aliphatic carbocycles. The Morgan fingerprint density at radius 3 is 2.51 bits per heavy atom. The van der Waals surface area contributed by atoms with Crippen molar-refractivity contribution in [3.63, 3.8) is 0 Å². The minimum Gasteiger partial charge on any atom is -0.354 e. The number of amidine groups is 1. The second-order valence-corrected chi connectivity index (χ2v) is 10.8. The summed E-state index contributed by atoms with van der Waals surface area (Å²) in [7, 11) is 3.93. The molecule has 0 spiro atoms. The Balaban J connectivity index is 1.66.